The zero-order valence-electron chi connectivity index (χ0n) is 16.9. The molecule has 2 amide bonds. The highest BCUT2D eigenvalue weighted by molar-refractivity contribution is 5.94. The van der Waals surface area contributed by atoms with E-state index in [9.17, 15) is 9.59 Å². The van der Waals surface area contributed by atoms with E-state index in [4.69, 9.17) is 9.47 Å². The molecule has 0 spiro atoms. The van der Waals surface area contributed by atoms with Crippen LogP contribution in [0.3, 0.4) is 0 Å². The minimum Gasteiger partial charge on any atom is -0.497 e. The van der Waals surface area contributed by atoms with Crippen molar-refractivity contribution in [2.24, 2.45) is 0 Å². The maximum absolute atomic E-state index is 12.1. The number of amides is 2. The van der Waals surface area contributed by atoms with E-state index in [0.717, 1.165) is 6.54 Å². The molecule has 3 N–H and O–H groups in total. The normalized spacial score (nSPS) is 11.0. The Kier molecular flexibility index (Phi) is 10.6. The molecule has 0 aliphatic rings. The lowest BCUT2D eigenvalue weighted by Crippen LogP contribution is -2.38. The third-order valence-electron chi connectivity index (χ3n) is 3.96. The third-order valence-corrected chi connectivity index (χ3v) is 3.96. The maximum atomic E-state index is 12.1. The minimum atomic E-state index is -0.285. The van der Waals surface area contributed by atoms with Crippen molar-refractivity contribution in [1.29, 1.82) is 0 Å². The van der Waals surface area contributed by atoms with Gasteiger partial charge < -0.3 is 25.4 Å². The second kappa shape index (κ2) is 12.6. The fourth-order valence-corrected chi connectivity index (χ4v) is 2.52. The molecular formula is C21H28ClN3O4. The van der Waals surface area contributed by atoms with Crippen molar-refractivity contribution in [1.82, 2.24) is 10.6 Å². The fourth-order valence-electron chi connectivity index (χ4n) is 2.52. The highest BCUT2D eigenvalue weighted by atomic mass is 35.5. The van der Waals surface area contributed by atoms with Crippen LogP contribution < -0.4 is 25.4 Å². The first-order valence-electron chi connectivity index (χ1n) is 9.20. The highest BCUT2D eigenvalue weighted by Gasteiger charge is 2.09. The number of ether oxygens (including phenoxy) is 2. The summed E-state index contributed by atoms with van der Waals surface area (Å²) in [6, 6.07) is 14.0. The van der Waals surface area contributed by atoms with Crippen LogP contribution in [0.1, 0.15) is 24.2 Å². The number of anilines is 1. The molecule has 8 heteroatoms. The molecule has 0 aliphatic carbocycles. The van der Waals surface area contributed by atoms with Crippen LogP contribution in [0.25, 0.3) is 0 Å². The topological polar surface area (TPSA) is 88.7 Å². The number of hydrogen-bond donors (Lipinski definition) is 3. The molecule has 0 bridgehead atoms. The third kappa shape index (κ3) is 8.41. The molecule has 0 aliphatic heterocycles. The molecule has 0 saturated heterocycles. The van der Waals surface area contributed by atoms with Gasteiger partial charge >= 0.3 is 0 Å². The van der Waals surface area contributed by atoms with Crippen LogP contribution in [0.4, 0.5) is 5.69 Å². The van der Waals surface area contributed by atoms with Gasteiger partial charge in [0.15, 0.2) is 6.61 Å². The number of benzene rings is 2. The predicted octanol–water partition coefficient (Wildman–Crippen LogP) is 2.86. The Hall–Kier alpha value is -2.77. The van der Waals surface area contributed by atoms with Crippen LogP contribution in [-0.4, -0.2) is 44.7 Å². The van der Waals surface area contributed by atoms with Gasteiger partial charge in [-0.1, -0.05) is 13.0 Å². The predicted molar refractivity (Wildman–Crippen MR) is 116 cm³/mol. The van der Waals surface area contributed by atoms with Crippen LogP contribution in [-0.2, 0) is 4.79 Å². The van der Waals surface area contributed by atoms with Crippen molar-refractivity contribution in [3.05, 3.63) is 54.1 Å². The smallest absolute Gasteiger partial charge is 0.262 e. The molecule has 0 unspecified atom stereocenters. The van der Waals surface area contributed by atoms with E-state index in [2.05, 4.69) is 16.0 Å². The second-order valence-corrected chi connectivity index (χ2v) is 6.26. The number of carbonyl (C=O) groups excluding carboxylic acids is 2. The Morgan fingerprint density at radius 1 is 1.07 bits per heavy atom. The van der Waals surface area contributed by atoms with Crippen LogP contribution in [0.2, 0.25) is 0 Å². The fraction of sp³-hybridized carbons (Fsp3) is 0.333. The number of halogens is 1. The van der Waals surface area contributed by atoms with Crippen LogP contribution in [0.15, 0.2) is 48.5 Å². The number of carbonyl (C=O) groups is 2. The molecule has 0 aromatic heterocycles. The van der Waals surface area contributed by atoms with E-state index in [1.807, 2.05) is 13.8 Å². The zero-order valence-corrected chi connectivity index (χ0v) is 17.7. The second-order valence-electron chi connectivity index (χ2n) is 6.26. The SMILES string of the molecule is CCN[C@H](C)CNC(=O)c1ccc(OCC(=O)Nc2cccc(OC)c2)cc1.Cl. The molecule has 2 aromatic rings. The molecule has 7 nitrogen and oxygen atoms in total. The van der Waals surface area contributed by atoms with Crippen LogP contribution in [0.5, 0.6) is 11.5 Å². The number of likely N-dealkylation sites (N-methyl/N-ethyl adjacent to an activating group) is 1. The number of rotatable bonds is 10. The molecule has 0 heterocycles. The van der Waals surface area contributed by atoms with E-state index in [1.54, 1.807) is 55.6 Å². The van der Waals surface area contributed by atoms with Gasteiger partial charge in [0.25, 0.3) is 11.8 Å². The van der Waals surface area contributed by atoms with Crippen molar-refractivity contribution in [3.8, 4) is 11.5 Å². The Morgan fingerprint density at radius 3 is 2.45 bits per heavy atom. The summed E-state index contributed by atoms with van der Waals surface area (Å²) in [5.41, 5.74) is 1.17. The lowest BCUT2D eigenvalue weighted by molar-refractivity contribution is -0.118. The average molecular weight is 422 g/mol. The molecule has 29 heavy (non-hydrogen) atoms. The summed E-state index contributed by atoms with van der Waals surface area (Å²) in [7, 11) is 1.57. The average Bonchev–Trinajstić information content (AvgIpc) is 2.71. The molecule has 2 aromatic carbocycles. The Morgan fingerprint density at radius 2 is 1.79 bits per heavy atom. The molecule has 158 valence electrons. The number of methoxy groups -OCH3 is 1. The monoisotopic (exact) mass is 421 g/mol. The van der Waals surface area contributed by atoms with Gasteiger partial charge in [-0.3, -0.25) is 9.59 Å². The molecule has 0 saturated carbocycles. The van der Waals surface area contributed by atoms with E-state index < -0.39 is 0 Å². The standard InChI is InChI=1S/C21H27N3O4.ClH/c1-4-22-15(2)13-23-21(26)16-8-10-18(11-9-16)28-14-20(25)24-17-6-5-7-19(12-17)27-3;/h5-12,15,22H,4,13-14H2,1-3H3,(H,23,26)(H,24,25);1H/t15-;/m1./s1. The molecule has 2 rings (SSSR count). The highest BCUT2D eigenvalue weighted by Crippen LogP contribution is 2.17. The summed E-state index contributed by atoms with van der Waals surface area (Å²) < 4.78 is 10.6. The van der Waals surface area contributed by atoms with Gasteiger partial charge in [0.05, 0.1) is 7.11 Å². The Bertz CT molecular complexity index is 784. The number of hydrogen-bond acceptors (Lipinski definition) is 5. The Labute approximate surface area is 177 Å². The number of nitrogens with one attached hydrogen (secondary N) is 3. The van der Waals surface area contributed by atoms with Crippen molar-refractivity contribution in [2.45, 2.75) is 19.9 Å². The zero-order chi connectivity index (χ0) is 20.4. The van der Waals surface area contributed by atoms with Gasteiger partial charge in [-0.25, -0.2) is 0 Å². The van der Waals surface area contributed by atoms with E-state index in [1.165, 1.54) is 0 Å². The van der Waals surface area contributed by atoms with Gasteiger partial charge in [-0.2, -0.15) is 0 Å². The van der Waals surface area contributed by atoms with Crippen molar-refractivity contribution in [2.75, 3.05) is 32.1 Å². The lowest BCUT2D eigenvalue weighted by Gasteiger charge is -2.13. The summed E-state index contributed by atoms with van der Waals surface area (Å²) >= 11 is 0. The largest absolute Gasteiger partial charge is 0.497 e. The Balaban J connectivity index is 0.00000420. The van der Waals surface area contributed by atoms with Gasteiger partial charge in [-0.15, -0.1) is 12.4 Å². The van der Waals surface area contributed by atoms with Gasteiger partial charge in [0, 0.05) is 29.9 Å². The van der Waals surface area contributed by atoms with E-state index in [-0.39, 0.29) is 36.9 Å². The first-order chi connectivity index (χ1) is 13.5. The molecule has 0 radical (unpaired) electrons. The summed E-state index contributed by atoms with van der Waals surface area (Å²) in [5, 5.41) is 8.85. The van der Waals surface area contributed by atoms with Gasteiger partial charge in [0.2, 0.25) is 0 Å². The summed E-state index contributed by atoms with van der Waals surface area (Å²) in [6.45, 7) is 5.30. The molecular weight excluding hydrogens is 394 g/mol. The van der Waals surface area contributed by atoms with Crippen molar-refractivity contribution < 1.29 is 19.1 Å². The van der Waals surface area contributed by atoms with Gasteiger partial charge in [-0.05, 0) is 49.9 Å². The lowest BCUT2D eigenvalue weighted by atomic mass is 10.2. The first kappa shape index (κ1) is 24.3. The van der Waals surface area contributed by atoms with E-state index >= 15 is 0 Å². The molecule has 1 atom stereocenters. The van der Waals surface area contributed by atoms with Crippen LogP contribution >= 0.6 is 12.4 Å². The minimum absolute atomic E-state index is 0. The summed E-state index contributed by atoms with van der Waals surface area (Å²) in [5.74, 6) is 0.741. The van der Waals surface area contributed by atoms with Crippen molar-refractivity contribution in [3.63, 3.8) is 0 Å². The first-order valence-corrected chi connectivity index (χ1v) is 9.20. The van der Waals surface area contributed by atoms with E-state index in [0.29, 0.717) is 29.3 Å². The molecule has 0 fully saturated rings. The van der Waals surface area contributed by atoms with Crippen LogP contribution in [0, 0.1) is 0 Å². The summed E-state index contributed by atoms with van der Waals surface area (Å²) in [6.07, 6.45) is 0. The summed E-state index contributed by atoms with van der Waals surface area (Å²) in [4.78, 5) is 24.1. The van der Waals surface area contributed by atoms with Gasteiger partial charge in [0.1, 0.15) is 11.5 Å². The van der Waals surface area contributed by atoms with Crippen molar-refractivity contribution >= 4 is 29.9 Å². The quantitative estimate of drug-likeness (QED) is 0.549. The maximum Gasteiger partial charge on any atom is 0.262 e.